The fourth-order valence-electron chi connectivity index (χ4n) is 4.10. The summed E-state index contributed by atoms with van der Waals surface area (Å²) in [6, 6.07) is 24.3. The smallest absolute Gasteiger partial charge is 0.272 e. The highest BCUT2D eigenvalue weighted by atomic mass is 16.2. The highest BCUT2D eigenvalue weighted by Gasteiger charge is 2.24. The summed E-state index contributed by atoms with van der Waals surface area (Å²) in [7, 11) is 0. The average molecular weight is 412 g/mol. The van der Waals surface area contributed by atoms with Gasteiger partial charge in [0.25, 0.3) is 5.91 Å². The van der Waals surface area contributed by atoms with Crippen LogP contribution in [0.2, 0.25) is 0 Å². The van der Waals surface area contributed by atoms with Crippen LogP contribution in [0.1, 0.15) is 21.7 Å². The van der Waals surface area contributed by atoms with Gasteiger partial charge in [0.2, 0.25) is 0 Å². The molecule has 0 bridgehead atoms. The van der Waals surface area contributed by atoms with Crippen molar-refractivity contribution in [1.82, 2.24) is 24.4 Å². The molecule has 1 aliphatic heterocycles. The summed E-state index contributed by atoms with van der Waals surface area (Å²) in [5.74, 6) is -0.00702. The molecule has 0 spiro atoms. The molecule has 5 rings (SSSR count). The lowest BCUT2D eigenvalue weighted by atomic mass is 10.2. The van der Waals surface area contributed by atoms with Gasteiger partial charge in [-0.05, 0) is 18.6 Å². The lowest BCUT2D eigenvalue weighted by Crippen LogP contribution is -2.48. The normalized spacial score (nSPS) is 14.8. The number of nitrogens with zero attached hydrogens (tertiary/aromatic N) is 5. The monoisotopic (exact) mass is 411 g/mol. The number of carbonyl (C=O) groups is 1. The molecule has 2 aromatic carbocycles. The van der Waals surface area contributed by atoms with Gasteiger partial charge in [0.15, 0.2) is 5.65 Å². The van der Waals surface area contributed by atoms with Crippen molar-refractivity contribution >= 4 is 11.6 Å². The van der Waals surface area contributed by atoms with E-state index in [1.165, 1.54) is 5.56 Å². The zero-order valence-electron chi connectivity index (χ0n) is 17.6. The molecule has 4 aromatic rings. The highest BCUT2D eigenvalue weighted by Crippen LogP contribution is 2.20. The van der Waals surface area contributed by atoms with E-state index in [1.54, 1.807) is 4.52 Å². The highest BCUT2D eigenvalue weighted by molar-refractivity contribution is 5.93. The zero-order valence-corrected chi connectivity index (χ0v) is 17.6. The molecule has 1 fully saturated rings. The van der Waals surface area contributed by atoms with Crippen LogP contribution in [-0.2, 0) is 6.54 Å². The minimum Gasteiger partial charge on any atom is -0.335 e. The van der Waals surface area contributed by atoms with Crippen molar-refractivity contribution in [2.24, 2.45) is 0 Å². The van der Waals surface area contributed by atoms with Crippen LogP contribution in [0.25, 0.3) is 16.9 Å². The number of hydrogen-bond donors (Lipinski definition) is 0. The minimum atomic E-state index is -0.00702. The Hall–Kier alpha value is -3.51. The molecule has 0 unspecified atom stereocenters. The van der Waals surface area contributed by atoms with Crippen LogP contribution in [0.15, 0.2) is 72.8 Å². The molecule has 6 nitrogen and oxygen atoms in total. The molecule has 0 radical (unpaired) electrons. The Morgan fingerprint density at radius 2 is 1.58 bits per heavy atom. The molecular formula is C25H25N5O. The van der Waals surface area contributed by atoms with Gasteiger partial charge in [-0.1, -0.05) is 60.7 Å². The third kappa shape index (κ3) is 4.07. The molecule has 31 heavy (non-hydrogen) atoms. The summed E-state index contributed by atoms with van der Waals surface area (Å²) < 4.78 is 1.80. The Morgan fingerprint density at radius 3 is 2.29 bits per heavy atom. The first-order chi connectivity index (χ1) is 15.2. The number of rotatable bonds is 4. The first-order valence-corrected chi connectivity index (χ1v) is 10.7. The fraction of sp³-hybridized carbons (Fsp3) is 0.240. The number of piperazine rings is 1. The lowest BCUT2D eigenvalue weighted by Gasteiger charge is -2.34. The van der Waals surface area contributed by atoms with Crippen molar-refractivity contribution in [1.29, 1.82) is 0 Å². The van der Waals surface area contributed by atoms with Crippen molar-refractivity contribution in [2.45, 2.75) is 13.5 Å². The molecule has 0 aliphatic carbocycles. The topological polar surface area (TPSA) is 53.7 Å². The van der Waals surface area contributed by atoms with Gasteiger partial charge < -0.3 is 4.90 Å². The van der Waals surface area contributed by atoms with Gasteiger partial charge in [0.1, 0.15) is 5.69 Å². The van der Waals surface area contributed by atoms with Gasteiger partial charge in [-0.25, -0.2) is 9.50 Å². The Balaban J connectivity index is 1.31. The minimum absolute atomic E-state index is 0.00702. The lowest BCUT2D eigenvalue weighted by molar-refractivity contribution is 0.0622. The number of aromatic nitrogens is 3. The molecule has 2 aromatic heterocycles. The summed E-state index contributed by atoms with van der Waals surface area (Å²) >= 11 is 0. The number of fused-ring (bicyclic) bond motifs is 1. The van der Waals surface area contributed by atoms with Gasteiger partial charge in [0.05, 0.1) is 5.69 Å². The van der Waals surface area contributed by atoms with Crippen LogP contribution < -0.4 is 0 Å². The van der Waals surface area contributed by atoms with Crippen molar-refractivity contribution in [3.8, 4) is 11.3 Å². The largest absolute Gasteiger partial charge is 0.335 e. The molecule has 0 N–H and O–H groups in total. The second-order valence-corrected chi connectivity index (χ2v) is 8.00. The van der Waals surface area contributed by atoms with Gasteiger partial charge in [-0.15, -0.1) is 0 Å². The molecule has 0 atom stereocenters. The number of amides is 1. The molecule has 1 amide bonds. The Bertz CT molecular complexity index is 1190. The van der Waals surface area contributed by atoms with E-state index in [0.717, 1.165) is 36.6 Å². The third-order valence-corrected chi connectivity index (χ3v) is 5.80. The Labute approximate surface area is 181 Å². The molecular weight excluding hydrogens is 386 g/mol. The Kier molecular flexibility index (Phi) is 5.22. The van der Waals surface area contributed by atoms with E-state index in [-0.39, 0.29) is 5.91 Å². The van der Waals surface area contributed by atoms with Crippen molar-refractivity contribution < 1.29 is 4.79 Å². The summed E-state index contributed by atoms with van der Waals surface area (Å²) in [6.07, 6.45) is 0. The fourth-order valence-corrected chi connectivity index (χ4v) is 4.10. The molecule has 6 heteroatoms. The average Bonchev–Trinajstić information content (AvgIpc) is 3.25. The number of carbonyl (C=O) groups excluding carboxylic acids is 1. The first-order valence-electron chi connectivity index (χ1n) is 10.7. The second-order valence-electron chi connectivity index (χ2n) is 8.00. The standard InChI is InChI=1S/C25H25N5O/c1-19-16-23(26-24-17-22(27-30(19)24)21-10-6-3-7-11-21)25(31)29-14-12-28(13-15-29)18-20-8-4-2-5-9-20/h2-11,16-17H,12-15,18H2,1H3. The van der Waals surface area contributed by atoms with E-state index in [4.69, 9.17) is 0 Å². The second kappa shape index (κ2) is 8.32. The summed E-state index contributed by atoms with van der Waals surface area (Å²) in [6.45, 7) is 6.05. The van der Waals surface area contributed by atoms with Gasteiger partial charge in [-0.3, -0.25) is 9.69 Å². The van der Waals surface area contributed by atoms with E-state index in [0.29, 0.717) is 24.4 Å². The van der Waals surface area contributed by atoms with Gasteiger partial charge in [0, 0.05) is 50.0 Å². The van der Waals surface area contributed by atoms with E-state index >= 15 is 0 Å². The van der Waals surface area contributed by atoms with E-state index in [9.17, 15) is 4.79 Å². The van der Waals surface area contributed by atoms with Crippen LogP contribution in [0.5, 0.6) is 0 Å². The van der Waals surface area contributed by atoms with Crippen LogP contribution in [-0.4, -0.2) is 56.5 Å². The summed E-state index contributed by atoms with van der Waals surface area (Å²) in [4.78, 5) is 22.1. The van der Waals surface area contributed by atoms with E-state index in [1.807, 2.05) is 60.4 Å². The third-order valence-electron chi connectivity index (χ3n) is 5.80. The predicted octanol–water partition coefficient (Wildman–Crippen LogP) is 3.66. The maximum absolute atomic E-state index is 13.2. The summed E-state index contributed by atoms with van der Waals surface area (Å²) in [5.41, 5.74) is 5.29. The van der Waals surface area contributed by atoms with Gasteiger partial charge in [-0.2, -0.15) is 5.10 Å². The van der Waals surface area contributed by atoms with Crippen molar-refractivity contribution in [2.75, 3.05) is 26.2 Å². The number of aryl methyl sites for hydroxylation is 1. The number of hydrogen-bond acceptors (Lipinski definition) is 4. The van der Waals surface area contributed by atoms with E-state index < -0.39 is 0 Å². The van der Waals surface area contributed by atoms with Crippen LogP contribution in [0, 0.1) is 6.92 Å². The SMILES string of the molecule is Cc1cc(C(=O)N2CCN(Cc3ccccc3)CC2)nc2cc(-c3ccccc3)nn12. The molecule has 1 saturated heterocycles. The number of benzene rings is 2. The first kappa shape index (κ1) is 19.5. The van der Waals surface area contributed by atoms with Crippen molar-refractivity contribution in [3.05, 3.63) is 89.7 Å². The maximum Gasteiger partial charge on any atom is 0.272 e. The quantitative estimate of drug-likeness (QED) is 0.514. The molecule has 156 valence electrons. The van der Waals surface area contributed by atoms with Crippen LogP contribution >= 0.6 is 0 Å². The molecule has 1 aliphatic rings. The van der Waals surface area contributed by atoms with Crippen LogP contribution in [0.4, 0.5) is 0 Å². The van der Waals surface area contributed by atoms with Gasteiger partial charge >= 0.3 is 0 Å². The molecule has 0 saturated carbocycles. The van der Waals surface area contributed by atoms with E-state index in [2.05, 4.69) is 39.2 Å². The molecule has 3 heterocycles. The Morgan fingerprint density at radius 1 is 0.903 bits per heavy atom. The predicted molar refractivity (Wildman–Crippen MR) is 121 cm³/mol. The summed E-state index contributed by atoms with van der Waals surface area (Å²) in [5, 5.41) is 4.67. The maximum atomic E-state index is 13.2. The van der Waals surface area contributed by atoms with Crippen molar-refractivity contribution in [3.63, 3.8) is 0 Å². The zero-order chi connectivity index (χ0) is 21.2. The van der Waals surface area contributed by atoms with Crippen LogP contribution in [0.3, 0.4) is 0 Å².